The predicted octanol–water partition coefficient (Wildman–Crippen LogP) is 3.38. The van der Waals surface area contributed by atoms with Crippen molar-refractivity contribution in [2.45, 2.75) is 25.7 Å². The van der Waals surface area contributed by atoms with Crippen molar-refractivity contribution in [1.82, 2.24) is 9.88 Å². The first-order valence-corrected chi connectivity index (χ1v) is 7.74. The molecule has 1 N–H and O–H groups in total. The summed E-state index contributed by atoms with van der Waals surface area (Å²) in [5, 5.41) is 1.40. The molecule has 108 valence electrons. The van der Waals surface area contributed by atoms with Crippen LogP contribution in [0.2, 0.25) is 0 Å². The van der Waals surface area contributed by atoms with E-state index >= 15 is 0 Å². The average Bonchev–Trinajstić information content (AvgIpc) is 2.92. The average molecular weight is 272 g/mol. The molecule has 0 amide bonds. The highest BCUT2D eigenvalue weighted by atomic mass is 16.5. The number of hydrogen-bond donors (Lipinski definition) is 1. The zero-order valence-corrected chi connectivity index (χ0v) is 12.3. The van der Waals surface area contributed by atoms with E-state index in [1.54, 1.807) is 0 Å². The number of fused-ring (bicyclic) bond motifs is 1. The molecule has 1 aromatic carbocycles. The third kappa shape index (κ3) is 2.89. The predicted molar refractivity (Wildman–Crippen MR) is 83.2 cm³/mol. The quantitative estimate of drug-likeness (QED) is 0.845. The molecule has 2 heterocycles. The number of nitrogens with zero attached hydrogens (tertiary/aromatic N) is 1. The number of ether oxygens (including phenoxy) is 1. The van der Waals surface area contributed by atoms with Crippen molar-refractivity contribution in [1.29, 1.82) is 0 Å². The van der Waals surface area contributed by atoms with Crippen molar-refractivity contribution < 1.29 is 4.74 Å². The molecule has 1 aliphatic heterocycles. The number of piperidine rings is 1. The van der Waals surface area contributed by atoms with Crippen LogP contribution in [0.5, 0.6) is 0 Å². The first-order valence-electron chi connectivity index (χ1n) is 7.74. The molecule has 1 fully saturated rings. The lowest BCUT2D eigenvalue weighted by Crippen LogP contribution is -2.35. The minimum Gasteiger partial charge on any atom is -0.380 e. The van der Waals surface area contributed by atoms with E-state index in [9.17, 15) is 0 Å². The summed E-state index contributed by atoms with van der Waals surface area (Å²) in [5.41, 5.74) is 2.77. The van der Waals surface area contributed by atoms with E-state index in [-0.39, 0.29) is 0 Å². The van der Waals surface area contributed by atoms with Gasteiger partial charge in [0.2, 0.25) is 0 Å². The molecule has 0 radical (unpaired) electrons. The number of likely N-dealkylation sites (tertiary alicyclic amines) is 1. The molecular formula is C17H24N2O. The number of aromatic nitrogens is 1. The van der Waals surface area contributed by atoms with Gasteiger partial charge in [0, 0.05) is 30.3 Å². The molecule has 2 aromatic rings. The number of para-hydroxylation sites is 1. The number of nitrogens with one attached hydrogen (secondary N) is 1. The number of benzene rings is 1. The van der Waals surface area contributed by atoms with Gasteiger partial charge in [-0.05, 0) is 50.4 Å². The largest absolute Gasteiger partial charge is 0.380 e. The topological polar surface area (TPSA) is 28.3 Å². The second-order valence-electron chi connectivity index (χ2n) is 5.60. The second-order valence-corrected chi connectivity index (χ2v) is 5.60. The molecule has 3 heteroatoms. The summed E-state index contributed by atoms with van der Waals surface area (Å²) in [5.74, 6) is 0.703. The molecule has 0 bridgehead atoms. The van der Waals surface area contributed by atoms with Crippen molar-refractivity contribution in [3.05, 3.63) is 36.0 Å². The third-order valence-electron chi connectivity index (χ3n) is 4.40. The van der Waals surface area contributed by atoms with E-state index in [4.69, 9.17) is 4.74 Å². The van der Waals surface area contributed by atoms with Crippen molar-refractivity contribution >= 4 is 10.9 Å². The maximum atomic E-state index is 5.45. The Labute approximate surface area is 120 Å². The van der Waals surface area contributed by atoms with Gasteiger partial charge in [0.25, 0.3) is 0 Å². The van der Waals surface area contributed by atoms with Crippen molar-refractivity contribution in [2.75, 3.05) is 32.8 Å². The summed E-state index contributed by atoms with van der Waals surface area (Å²) in [6, 6.07) is 8.63. The number of hydrogen-bond acceptors (Lipinski definition) is 2. The maximum absolute atomic E-state index is 5.45. The van der Waals surface area contributed by atoms with E-state index in [2.05, 4.69) is 47.3 Å². The van der Waals surface area contributed by atoms with Crippen LogP contribution in [-0.2, 0) is 4.74 Å². The highest BCUT2D eigenvalue weighted by Gasteiger charge is 2.22. The van der Waals surface area contributed by atoms with Crippen molar-refractivity contribution in [2.24, 2.45) is 0 Å². The van der Waals surface area contributed by atoms with Crippen LogP contribution in [0, 0.1) is 0 Å². The van der Waals surface area contributed by atoms with Crippen molar-refractivity contribution in [3.8, 4) is 0 Å². The van der Waals surface area contributed by atoms with Gasteiger partial charge in [-0.15, -0.1) is 0 Å². The van der Waals surface area contributed by atoms with Crippen LogP contribution in [0.3, 0.4) is 0 Å². The molecule has 1 aromatic heterocycles. The van der Waals surface area contributed by atoms with Gasteiger partial charge in [0.15, 0.2) is 0 Å². The van der Waals surface area contributed by atoms with Crippen LogP contribution < -0.4 is 0 Å². The third-order valence-corrected chi connectivity index (χ3v) is 4.40. The standard InChI is InChI=1S/C17H24N2O/c1-2-20-12-11-19-9-7-14(8-10-19)16-13-18-17-6-4-3-5-15(16)17/h3-6,13-14,18H,2,7-12H2,1H3. The second kappa shape index (κ2) is 6.42. The molecule has 3 nitrogen and oxygen atoms in total. The highest BCUT2D eigenvalue weighted by molar-refractivity contribution is 5.83. The summed E-state index contributed by atoms with van der Waals surface area (Å²) in [7, 11) is 0. The smallest absolute Gasteiger partial charge is 0.0593 e. The van der Waals surface area contributed by atoms with Crippen LogP contribution in [0.25, 0.3) is 10.9 Å². The summed E-state index contributed by atoms with van der Waals surface area (Å²) in [4.78, 5) is 5.93. The fourth-order valence-electron chi connectivity index (χ4n) is 3.24. The van der Waals surface area contributed by atoms with Gasteiger partial charge in [0.05, 0.1) is 6.61 Å². The van der Waals surface area contributed by atoms with E-state index in [1.807, 2.05) is 0 Å². The fraction of sp³-hybridized carbons (Fsp3) is 0.529. The van der Waals surface area contributed by atoms with Gasteiger partial charge < -0.3 is 14.6 Å². The lowest BCUT2D eigenvalue weighted by molar-refractivity contribution is 0.102. The molecule has 0 atom stereocenters. The number of rotatable bonds is 5. The highest BCUT2D eigenvalue weighted by Crippen LogP contribution is 2.32. The Bertz CT molecular complexity index is 541. The van der Waals surface area contributed by atoms with E-state index < -0.39 is 0 Å². The Morgan fingerprint density at radius 3 is 2.85 bits per heavy atom. The number of aromatic amines is 1. The van der Waals surface area contributed by atoms with Crippen LogP contribution >= 0.6 is 0 Å². The van der Waals surface area contributed by atoms with Gasteiger partial charge in [-0.25, -0.2) is 0 Å². The Kier molecular flexibility index (Phi) is 4.38. The molecular weight excluding hydrogens is 248 g/mol. The minimum atomic E-state index is 0.703. The Morgan fingerprint density at radius 1 is 1.25 bits per heavy atom. The monoisotopic (exact) mass is 272 g/mol. The molecule has 0 aliphatic carbocycles. The van der Waals surface area contributed by atoms with Crippen molar-refractivity contribution in [3.63, 3.8) is 0 Å². The van der Waals surface area contributed by atoms with Gasteiger partial charge in [-0.3, -0.25) is 0 Å². The lowest BCUT2D eigenvalue weighted by Gasteiger charge is -2.31. The Balaban J connectivity index is 1.60. The van der Waals surface area contributed by atoms with Crippen LogP contribution in [0.4, 0.5) is 0 Å². The molecule has 3 rings (SSSR count). The minimum absolute atomic E-state index is 0.703. The van der Waals surface area contributed by atoms with Crippen LogP contribution in [0.1, 0.15) is 31.2 Å². The molecule has 20 heavy (non-hydrogen) atoms. The summed E-state index contributed by atoms with van der Waals surface area (Å²) in [6.07, 6.45) is 4.73. The Hall–Kier alpha value is -1.32. The fourth-order valence-corrected chi connectivity index (χ4v) is 3.24. The SMILES string of the molecule is CCOCCN1CCC(c2c[nH]c3ccccc23)CC1. The molecule has 1 saturated heterocycles. The molecule has 0 unspecified atom stereocenters. The van der Waals surface area contributed by atoms with Gasteiger partial charge in [-0.1, -0.05) is 18.2 Å². The molecule has 0 saturated carbocycles. The summed E-state index contributed by atoms with van der Waals surface area (Å²) >= 11 is 0. The maximum Gasteiger partial charge on any atom is 0.0593 e. The number of H-pyrrole nitrogens is 1. The zero-order chi connectivity index (χ0) is 13.8. The van der Waals surface area contributed by atoms with Gasteiger partial charge in [0.1, 0.15) is 0 Å². The van der Waals surface area contributed by atoms with Crippen LogP contribution in [-0.4, -0.2) is 42.7 Å². The first kappa shape index (κ1) is 13.7. The van der Waals surface area contributed by atoms with E-state index in [1.165, 1.54) is 42.4 Å². The molecule has 1 aliphatic rings. The normalized spacial score (nSPS) is 17.9. The molecule has 0 spiro atoms. The zero-order valence-electron chi connectivity index (χ0n) is 12.3. The van der Waals surface area contributed by atoms with Gasteiger partial charge >= 0.3 is 0 Å². The first-order chi connectivity index (χ1) is 9.88. The summed E-state index contributed by atoms with van der Waals surface area (Å²) in [6.45, 7) is 7.21. The van der Waals surface area contributed by atoms with Gasteiger partial charge in [-0.2, -0.15) is 0 Å². The summed E-state index contributed by atoms with van der Waals surface area (Å²) < 4.78 is 5.45. The lowest BCUT2D eigenvalue weighted by atomic mass is 9.89. The van der Waals surface area contributed by atoms with E-state index in [0.717, 1.165) is 19.8 Å². The van der Waals surface area contributed by atoms with Crippen LogP contribution in [0.15, 0.2) is 30.5 Å². The Morgan fingerprint density at radius 2 is 2.05 bits per heavy atom. The van der Waals surface area contributed by atoms with E-state index in [0.29, 0.717) is 5.92 Å².